The Morgan fingerprint density at radius 2 is 1.57 bits per heavy atom. The van der Waals surface area contributed by atoms with Gasteiger partial charge in [0.2, 0.25) is 0 Å². The van der Waals surface area contributed by atoms with Crippen molar-refractivity contribution < 1.29 is 0 Å². The molecule has 0 atom stereocenters. The number of H-pyrrole nitrogens is 1. The molecule has 3 rings (SSSR count). The number of rotatable bonds is 2. The Kier molecular flexibility index (Phi) is 3.93. The molecule has 0 saturated heterocycles. The highest BCUT2D eigenvalue weighted by atomic mass is 35.5. The summed E-state index contributed by atoms with van der Waals surface area (Å²) in [6, 6.07) is 8.53. The van der Waals surface area contributed by atoms with Gasteiger partial charge in [0, 0.05) is 0 Å². The van der Waals surface area contributed by atoms with Crippen molar-refractivity contribution in [3.63, 3.8) is 0 Å². The highest BCUT2D eigenvalue weighted by molar-refractivity contribution is 6.43. The molecule has 0 radical (unpaired) electrons. The van der Waals surface area contributed by atoms with E-state index in [1.807, 2.05) is 6.07 Å². The third kappa shape index (κ3) is 2.79. The first-order chi connectivity index (χ1) is 9.95. The highest BCUT2D eigenvalue weighted by Gasteiger charge is 2.11. The molecule has 7 heteroatoms. The highest BCUT2D eigenvalue weighted by Crippen LogP contribution is 2.27. The number of halogens is 4. The molecule has 0 fully saturated rings. The van der Waals surface area contributed by atoms with Gasteiger partial charge in [0.25, 0.3) is 0 Å². The van der Waals surface area contributed by atoms with Gasteiger partial charge in [-0.2, -0.15) is 0 Å². The molecule has 0 unspecified atom stereocenters. The lowest BCUT2D eigenvalue weighted by atomic mass is 10.2. The Balaban J connectivity index is 2.11. The number of hydrogen-bond donors (Lipinski definition) is 1. The Morgan fingerprint density at radius 3 is 2.29 bits per heavy atom. The van der Waals surface area contributed by atoms with Crippen LogP contribution in [0.25, 0.3) is 11.0 Å². The normalized spacial score (nSPS) is 11.2. The maximum Gasteiger partial charge on any atom is 0.326 e. The van der Waals surface area contributed by atoms with Crippen LogP contribution in [0, 0.1) is 0 Å². The third-order valence-corrected chi connectivity index (χ3v) is 4.60. The van der Waals surface area contributed by atoms with E-state index in [9.17, 15) is 4.79 Å². The average molecular weight is 362 g/mol. The summed E-state index contributed by atoms with van der Waals surface area (Å²) >= 11 is 23.9. The van der Waals surface area contributed by atoms with Crippen LogP contribution in [0.2, 0.25) is 20.1 Å². The van der Waals surface area contributed by atoms with Crippen LogP contribution in [0.5, 0.6) is 0 Å². The quantitative estimate of drug-likeness (QED) is 0.685. The van der Waals surface area contributed by atoms with E-state index < -0.39 is 0 Å². The molecule has 108 valence electrons. The van der Waals surface area contributed by atoms with Crippen molar-refractivity contribution in [3.05, 3.63) is 66.5 Å². The molecule has 2 aromatic carbocycles. The smallest absolute Gasteiger partial charge is 0.305 e. The topological polar surface area (TPSA) is 37.8 Å². The lowest BCUT2D eigenvalue weighted by Crippen LogP contribution is -2.17. The van der Waals surface area contributed by atoms with Gasteiger partial charge in [0.15, 0.2) is 0 Å². The minimum atomic E-state index is -0.241. The second-order valence-corrected chi connectivity index (χ2v) is 6.18. The molecule has 3 nitrogen and oxygen atoms in total. The molecule has 21 heavy (non-hydrogen) atoms. The summed E-state index contributed by atoms with van der Waals surface area (Å²) in [4.78, 5) is 14.8. The van der Waals surface area contributed by atoms with E-state index >= 15 is 0 Å². The monoisotopic (exact) mass is 360 g/mol. The first-order valence-corrected chi connectivity index (χ1v) is 7.48. The minimum Gasteiger partial charge on any atom is -0.305 e. The third-order valence-electron chi connectivity index (χ3n) is 3.14. The Bertz CT molecular complexity index is 898. The number of aromatic amines is 1. The zero-order chi connectivity index (χ0) is 15.1. The summed E-state index contributed by atoms with van der Waals surface area (Å²) in [7, 11) is 0. The van der Waals surface area contributed by atoms with Gasteiger partial charge in [0.1, 0.15) is 0 Å². The zero-order valence-electron chi connectivity index (χ0n) is 10.5. The molecule has 3 aromatic rings. The molecule has 0 aliphatic heterocycles. The number of nitrogens with one attached hydrogen (secondary N) is 1. The standard InChI is InChI=1S/C14H8Cl4N2O/c15-8-2-1-7(3-9(8)16)6-20-13-5-11(18)10(17)4-12(13)19-14(20)21/h1-5H,6H2,(H,19,21). The maximum atomic E-state index is 12.1. The van der Waals surface area contributed by atoms with Crippen molar-refractivity contribution in [1.29, 1.82) is 0 Å². The summed E-state index contributed by atoms with van der Waals surface area (Å²) in [5.74, 6) is 0. The van der Waals surface area contributed by atoms with E-state index in [-0.39, 0.29) is 5.69 Å². The summed E-state index contributed by atoms with van der Waals surface area (Å²) < 4.78 is 1.57. The molecule has 0 spiro atoms. The van der Waals surface area contributed by atoms with Gasteiger partial charge in [0.05, 0.1) is 37.7 Å². The Morgan fingerprint density at radius 1 is 0.905 bits per heavy atom. The maximum absolute atomic E-state index is 12.1. The second-order valence-electron chi connectivity index (χ2n) is 4.55. The van der Waals surface area contributed by atoms with Gasteiger partial charge in [-0.05, 0) is 29.8 Å². The van der Waals surface area contributed by atoms with Crippen LogP contribution in [-0.2, 0) is 6.54 Å². The van der Waals surface area contributed by atoms with E-state index in [4.69, 9.17) is 46.4 Å². The fraction of sp³-hybridized carbons (Fsp3) is 0.0714. The van der Waals surface area contributed by atoms with Crippen LogP contribution in [0.1, 0.15) is 5.56 Å². The van der Waals surface area contributed by atoms with Crippen molar-refractivity contribution in [1.82, 2.24) is 9.55 Å². The summed E-state index contributed by atoms with van der Waals surface area (Å²) in [6.45, 7) is 0.355. The number of hydrogen-bond acceptors (Lipinski definition) is 1. The van der Waals surface area contributed by atoms with Crippen LogP contribution in [0.15, 0.2) is 35.1 Å². The first-order valence-electron chi connectivity index (χ1n) is 5.97. The molecular formula is C14H8Cl4N2O. The SMILES string of the molecule is O=c1[nH]c2cc(Cl)c(Cl)cc2n1Cc1ccc(Cl)c(Cl)c1. The van der Waals surface area contributed by atoms with Gasteiger partial charge >= 0.3 is 5.69 Å². The van der Waals surface area contributed by atoms with Gasteiger partial charge in [-0.25, -0.2) is 4.79 Å². The predicted octanol–water partition coefficient (Wildman–Crippen LogP) is 4.99. The molecular weight excluding hydrogens is 354 g/mol. The molecule has 0 amide bonds. The Labute approximate surface area is 140 Å². The van der Waals surface area contributed by atoms with Crippen molar-refractivity contribution in [2.24, 2.45) is 0 Å². The van der Waals surface area contributed by atoms with E-state index in [2.05, 4.69) is 4.98 Å². The van der Waals surface area contributed by atoms with Crippen LogP contribution in [-0.4, -0.2) is 9.55 Å². The second kappa shape index (κ2) is 5.58. The molecule has 0 saturated carbocycles. The van der Waals surface area contributed by atoms with Crippen LogP contribution in [0.3, 0.4) is 0 Å². The molecule has 0 aliphatic rings. The Hall–Kier alpha value is -1.13. The van der Waals surface area contributed by atoms with E-state index in [1.54, 1.807) is 28.8 Å². The number of imidazole rings is 1. The van der Waals surface area contributed by atoms with E-state index in [0.29, 0.717) is 37.7 Å². The summed E-state index contributed by atoms with van der Waals surface area (Å²) in [5.41, 5.74) is 1.93. The number of fused-ring (bicyclic) bond motifs is 1. The largest absolute Gasteiger partial charge is 0.326 e. The van der Waals surface area contributed by atoms with Crippen molar-refractivity contribution in [2.45, 2.75) is 6.54 Å². The fourth-order valence-electron chi connectivity index (χ4n) is 2.13. The minimum absolute atomic E-state index is 0.241. The van der Waals surface area contributed by atoms with Crippen molar-refractivity contribution in [2.75, 3.05) is 0 Å². The van der Waals surface area contributed by atoms with Crippen LogP contribution >= 0.6 is 46.4 Å². The number of aromatic nitrogens is 2. The lowest BCUT2D eigenvalue weighted by Gasteiger charge is -2.06. The van der Waals surface area contributed by atoms with Crippen molar-refractivity contribution >= 4 is 57.4 Å². The van der Waals surface area contributed by atoms with Crippen LogP contribution < -0.4 is 5.69 Å². The lowest BCUT2D eigenvalue weighted by molar-refractivity contribution is 0.787. The summed E-state index contributed by atoms with van der Waals surface area (Å²) in [5, 5.41) is 1.71. The fourth-order valence-corrected chi connectivity index (χ4v) is 2.77. The number of benzene rings is 2. The van der Waals surface area contributed by atoms with Crippen LogP contribution in [0.4, 0.5) is 0 Å². The van der Waals surface area contributed by atoms with Gasteiger partial charge in [-0.3, -0.25) is 4.57 Å². The molecule has 1 aromatic heterocycles. The summed E-state index contributed by atoms with van der Waals surface area (Å²) in [6.07, 6.45) is 0. The average Bonchev–Trinajstić information content (AvgIpc) is 2.71. The molecule has 1 N–H and O–H groups in total. The zero-order valence-corrected chi connectivity index (χ0v) is 13.5. The van der Waals surface area contributed by atoms with Gasteiger partial charge < -0.3 is 4.98 Å². The van der Waals surface area contributed by atoms with Gasteiger partial charge in [-0.15, -0.1) is 0 Å². The number of nitrogens with zero attached hydrogens (tertiary/aromatic N) is 1. The van der Waals surface area contributed by atoms with Gasteiger partial charge in [-0.1, -0.05) is 52.5 Å². The van der Waals surface area contributed by atoms with E-state index in [1.165, 1.54) is 0 Å². The molecule has 0 bridgehead atoms. The van der Waals surface area contributed by atoms with E-state index in [0.717, 1.165) is 5.56 Å². The first kappa shape index (κ1) is 14.8. The predicted molar refractivity (Wildman–Crippen MR) is 88.1 cm³/mol. The molecule has 0 aliphatic carbocycles. The van der Waals surface area contributed by atoms with Crippen molar-refractivity contribution in [3.8, 4) is 0 Å². The molecule has 1 heterocycles.